The largest absolute Gasteiger partial charge is 0.462 e. The summed E-state index contributed by atoms with van der Waals surface area (Å²) >= 11 is 6.67. The van der Waals surface area contributed by atoms with Crippen molar-refractivity contribution in [2.24, 2.45) is 0 Å². The Morgan fingerprint density at radius 2 is 1.73 bits per heavy atom. The Balaban J connectivity index is 1.21. The summed E-state index contributed by atoms with van der Waals surface area (Å²) in [5, 5.41) is 11.5. The van der Waals surface area contributed by atoms with Gasteiger partial charge in [0.1, 0.15) is 24.1 Å². The first kappa shape index (κ1) is 35.2. The van der Waals surface area contributed by atoms with Crippen LogP contribution in [0.15, 0.2) is 41.3 Å². The van der Waals surface area contributed by atoms with Gasteiger partial charge in [-0.1, -0.05) is 35.9 Å². The molecule has 2 atom stereocenters. The Labute approximate surface area is 297 Å². The number of likely N-dealkylation sites (N-methyl/N-ethyl adjacent to an activating group) is 1. The highest BCUT2D eigenvalue weighted by molar-refractivity contribution is 7.89. The first-order valence-electron chi connectivity index (χ1n) is 16.6. The van der Waals surface area contributed by atoms with Crippen molar-refractivity contribution in [1.29, 1.82) is 5.26 Å². The van der Waals surface area contributed by atoms with Gasteiger partial charge >= 0.3 is 6.01 Å². The van der Waals surface area contributed by atoms with E-state index in [0.717, 1.165) is 57.5 Å². The van der Waals surface area contributed by atoms with Crippen molar-refractivity contribution in [3.05, 3.63) is 81.5 Å². The van der Waals surface area contributed by atoms with Gasteiger partial charge in [-0.25, -0.2) is 26.0 Å². The molecule has 4 aromatic rings. The maximum Gasteiger partial charge on any atom is 0.318 e. The first-order chi connectivity index (χ1) is 24.4. The van der Waals surface area contributed by atoms with Gasteiger partial charge in [0, 0.05) is 54.9 Å². The van der Waals surface area contributed by atoms with Crippen LogP contribution in [-0.4, -0.2) is 86.1 Å². The highest BCUT2D eigenvalue weighted by Gasteiger charge is 2.41. The molecule has 0 N–H and O–H groups in total. The number of likely N-dealkylation sites (tertiary alicyclic amines) is 1. The average molecular weight is 744 g/mol. The van der Waals surface area contributed by atoms with Crippen molar-refractivity contribution in [3.8, 4) is 12.1 Å². The van der Waals surface area contributed by atoms with E-state index in [-0.39, 0.29) is 31.7 Å². The number of halogens is 5. The summed E-state index contributed by atoms with van der Waals surface area (Å²) in [6.45, 7) is 3.61. The fraction of sp³-hybridized carbons (Fsp3) is 0.400. The van der Waals surface area contributed by atoms with Crippen LogP contribution < -0.4 is 14.5 Å². The van der Waals surface area contributed by atoms with E-state index in [1.807, 2.05) is 48.3 Å². The molecule has 0 radical (unpaired) electrons. The molecule has 1 aromatic heterocycles. The Hall–Kier alpha value is -4.23. The standard InChI is InChI=1S/C35H34ClF4N7O3S/c1-20-17-46(51(48,49)33-31(39)29(37)24(16-41)30(38)32(33)40)14-15-47(20)34-23-11-13-45(27-10-4-7-21-6-3-9-25(36)28(21)27)18-26(23)42-35(43-34)50-19-22-8-5-12-44(22)2/h3-4,6-7,9-10,20,22H,5,8,11-15,17-19H2,1-2H3/t20-,22-/m0/s1. The summed E-state index contributed by atoms with van der Waals surface area (Å²) in [6, 6.07) is 12.6. The number of sulfonamides is 1. The summed E-state index contributed by atoms with van der Waals surface area (Å²) in [5.41, 5.74) is 1.02. The third kappa shape index (κ3) is 6.22. The molecule has 51 heavy (non-hydrogen) atoms. The molecular weight excluding hydrogens is 710 g/mol. The molecule has 3 aliphatic rings. The number of ether oxygens (including phenoxy) is 1. The number of aromatic nitrogens is 2. The zero-order valence-corrected chi connectivity index (χ0v) is 29.4. The molecule has 0 unspecified atom stereocenters. The number of benzene rings is 3. The lowest BCUT2D eigenvalue weighted by Gasteiger charge is -2.41. The van der Waals surface area contributed by atoms with Crippen LogP contribution in [-0.2, 0) is 23.0 Å². The minimum atomic E-state index is -5.05. The molecule has 3 aliphatic heterocycles. The molecule has 268 valence electrons. The molecule has 0 aliphatic carbocycles. The van der Waals surface area contributed by atoms with E-state index in [4.69, 9.17) is 31.6 Å². The zero-order valence-electron chi connectivity index (χ0n) is 27.8. The summed E-state index contributed by atoms with van der Waals surface area (Å²) in [6.07, 6.45) is 2.58. The molecule has 0 spiro atoms. The molecule has 0 saturated carbocycles. The lowest BCUT2D eigenvalue weighted by Crippen LogP contribution is -2.54. The number of nitriles is 1. The fourth-order valence-corrected chi connectivity index (χ4v) is 9.22. The second-order valence-corrected chi connectivity index (χ2v) is 15.4. The maximum atomic E-state index is 14.9. The topological polar surface area (TPSA) is 106 Å². The van der Waals surface area contributed by atoms with Crippen LogP contribution in [0.4, 0.5) is 29.1 Å². The van der Waals surface area contributed by atoms with Crippen molar-refractivity contribution in [1.82, 2.24) is 19.2 Å². The number of piperazine rings is 1. The Kier molecular flexibility index (Phi) is 9.47. The average Bonchev–Trinajstić information content (AvgIpc) is 3.53. The van der Waals surface area contributed by atoms with Gasteiger partial charge in [0.25, 0.3) is 0 Å². The van der Waals surface area contributed by atoms with Crippen molar-refractivity contribution >= 4 is 43.9 Å². The van der Waals surface area contributed by atoms with Gasteiger partial charge in [-0.3, -0.25) is 0 Å². The van der Waals surface area contributed by atoms with Crippen LogP contribution in [0.2, 0.25) is 5.02 Å². The van der Waals surface area contributed by atoms with E-state index in [0.29, 0.717) is 37.0 Å². The van der Waals surface area contributed by atoms with E-state index in [9.17, 15) is 26.0 Å². The molecule has 10 nitrogen and oxygen atoms in total. The molecule has 2 saturated heterocycles. The van der Waals surface area contributed by atoms with Crippen molar-refractivity contribution in [2.45, 2.75) is 49.7 Å². The van der Waals surface area contributed by atoms with E-state index < -0.39 is 49.8 Å². The lowest BCUT2D eigenvalue weighted by molar-refractivity contribution is 0.187. The van der Waals surface area contributed by atoms with E-state index >= 15 is 0 Å². The van der Waals surface area contributed by atoms with Crippen molar-refractivity contribution < 1.29 is 30.7 Å². The van der Waals surface area contributed by atoms with Gasteiger partial charge in [-0.15, -0.1) is 0 Å². The maximum absolute atomic E-state index is 14.9. The first-order valence-corrected chi connectivity index (χ1v) is 18.4. The number of rotatable bonds is 7. The Morgan fingerprint density at radius 1 is 1.00 bits per heavy atom. The van der Waals surface area contributed by atoms with Gasteiger partial charge in [-0.2, -0.15) is 19.5 Å². The van der Waals surface area contributed by atoms with E-state index in [1.165, 1.54) is 0 Å². The highest BCUT2D eigenvalue weighted by Crippen LogP contribution is 2.38. The van der Waals surface area contributed by atoms with Gasteiger partial charge < -0.3 is 19.4 Å². The van der Waals surface area contributed by atoms with Gasteiger partial charge in [0.15, 0.2) is 28.2 Å². The minimum Gasteiger partial charge on any atom is -0.462 e. The number of hydrogen-bond donors (Lipinski definition) is 0. The molecule has 0 amide bonds. The highest BCUT2D eigenvalue weighted by atomic mass is 35.5. The lowest BCUT2D eigenvalue weighted by atomic mass is 10.0. The van der Waals surface area contributed by atoms with E-state index in [1.54, 1.807) is 6.92 Å². The predicted octanol–water partition coefficient (Wildman–Crippen LogP) is 5.65. The van der Waals surface area contributed by atoms with Gasteiger partial charge in [0.05, 0.1) is 17.3 Å². The van der Waals surface area contributed by atoms with Crippen molar-refractivity contribution in [3.63, 3.8) is 0 Å². The molecule has 0 bridgehead atoms. The second kappa shape index (κ2) is 13.7. The zero-order chi connectivity index (χ0) is 36.2. The smallest absolute Gasteiger partial charge is 0.318 e. The normalized spacial score (nSPS) is 20.1. The van der Waals surface area contributed by atoms with Crippen molar-refractivity contribution in [2.75, 3.05) is 56.2 Å². The molecule has 2 fully saturated rings. The van der Waals surface area contributed by atoms with Crippen LogP contribution in [0.5, 0.6) is 6.01 Å². The van der Waals surface area contributed by atoms with Crippen LogP contribution in [0.1, 0.15) is 36.6 Å². The number of anilines is 2. The second-order valence-electron chi connectivity index (χ2n) is 13.1. The molecule has 3 aromatic carbocycles. The van der Waals surface area contributed by atoms with Gasteiger partial charge in [-0.05, 0) is 57.3 Å². The van der Waals surface area contributed by atoms with Crippen LogP contribution in [0, 0.1) is 34.6 Å². The Morgan fingerprint density at radius 3 is 2.39 bits per heavy atom. The third-order valence-electron chi connectivity index (χ3n) is 10.1. The molecule has 7 rings (SSSR count). The summed E-state index contributed by atoms with van der Waals surface area (Å²) in [5.74, 6) is -7.85. The molecule has 16 heteroatoms. The number of hydrogen-bond acceptors (Lipinski definition) is 9. The summed E-state index contributed by atoms with van der Waals surface area (Å²) < 4.78 is 92.6. The van der Waals surface area contributed by atoms with Crippen LogP contribution in [0.3, 0.4) is 0 Å². The van der Waals surface area contributed by atoms with E-state index in [2.05, 4.69) is 9.80 Å². The monoisotopic (exact) mass is 743 g/mol. The molecular formula is C35H34ClF4N7O3S. The Bertz CT molecular complexity index is 2150. The van der Waals surface area contributed by atoms with Gasteiger partial charge in [0.2, 0.25) is 10.0 Å². The summed E-state index contributed by atoms with van der Waals surface area (Å²) in [4.78, 5) is 14.3. The van der Waals surface area contributed by atoms with Crippen LogP contribution in [0.25, 0.3) is 10.8 Å². The SMILES string of the molecule is C[C@H]1CN(S(=O)(=O)c2c(F)c(F)c(C#N)c(F)c2F)CCN1c1nc(OC[C@@H]2CCCN2C)nc2c1CCN(c1cccc3cccc(Cl)c13)C2. The van der Waals surface area contributed by atoms with Crippen LogP contribution >= 0.6 is 11.6 Å². The molecule has 4 heterocycles. The number of nitrogens with zero attached hydrogens (tertiary/aromatic N) is 7. The third-order valence-corrected chi connectivity index (χ3v) is 12.3. The fourth-order valence-electron chi connectivity index (χ4n) is 7.32. The predicted molar refractivity (Wildman–Crippen MR) is 183 cm³/mol. The summed E-state index contributed by atoms with van der Waals surface area (Å²) in [7, 11) is -3.01. The minimum absolute atomic E-state index is 0.0434. The quantitative estimate of drug-likeness (QED) is 0.176. The number of fused-ring (bicyclic) bond motifs is 2.